The average Bonchev–Trinajstić information content (AvgIpc) is 2.88. The van der Waals surface area contributed by atoms with Crippen molar-refractivity contribution < 1.29 is 0 Å². The van der Waals surface area contributed by atoms with Crippen molar-refractivity contribution in [2.24, 2.45) is 0 Å². The molecule has 3 nitrogen and oxygen atoms in total. The molecule has 0 amide bonds. The Labute approximate surface area is 130 Å². The van der Waals surface area contributed by atoms with Crippen molar-refractivity contribution in [3.05, 3.63) is 64.4 Å². The molecule has 3 aromatic rings. The summed E-state index contributed by atoms with van der Waals surface area (Å²) in [5, 5.41) is 4.57. The van der Waals surface area contributed by atoms with Crippen molar-refractivity contribution in [1.82, 2.24) is 14.8 Å². The molecule has 0 aliphatic heterocycles. The first-order valence-corrected chi connectivity index (χ1v) is 8.21. The van der Waals surface area contributed by atoms with Crippen LogP contribution in [0.4, 0.5) is 0 Å². The Morgan fingerprint density at radius 1 is 1.15 bits per heavy atom. The summed E-state index contributed by atoms with van der Waals surface area (Å²) in [6.07, 6.45) is 3.66. The van der Waals surface area contributed by atoms with Crippen molar-refractivity contribution >= 4 is 35.3 Å². The molecule has 20 heavy (non-hydrogen) atoms. The minimum atomic E-state index is 0.768. The van der Waals surface area contributed by atoms with Crippen molar-refractivity contribution in [2.75, 3.05) is 0 Å². The zero-order valence-corrected chi connectivity index (χ0v) is 12.9. The predicted molar refractivity (Wildman–Crippen MR) is 86.1 cm³/mol. The molecule has 0 aliphatic carbocycles. The van der Waals surface area contributed by atoms with E-state index in [-0.39, 0.29) is 0 Å². The maximum absolute atomic E-state index is 5.38. The fourth-order valence-electron chi connectivity index (χ4n) is 1.68. The molecule has 0 spiro atoms. The number of aromatic nitrogens is 3. The summed E-state index contributed by atoms with van der Waals surface area (Å²) in [5.74, 6) is 0.852. The first kappa shape index (κ1) is 13.5. The second kappa shape index (κ2) is 6.30. The van der Waals surface area contributed by atoms with Gasteiger partial charge < -0.3 is 0 Å². The summed E-state index contributed by atoms with van der Waals surface area (Å²) in [6, 6.07) is 14.0. The number of hydrogen-bond donors (Lipinski definition) is 0. The van der Waals surface area contributed by atoms with Gasteiger partial charge in [0.05, 0.1) is 5.69 Å². The number of pyridine rings is 1. The van der Waals surface area contributed by atoms with Gasteiger partial charge in [0, 0.05) is 18.1 Å². The largest absolute Gasteiger partial charge is 0.264 e. The van der Waals surface area contributed by atoms with Crippen molar-refractivity contribution in [1.29, 1.82) is 0 Å². The molecule has 0 unspecified atom stereocenters. The summed E-state index contributed by atoms with van der Waals surface area (Å²) >= 11 is 8.60. The number of thioether (sulfide) groups is 1. The molecule has 1 aromatic carbocycles. The van der Waals surface area contributed by atoms with Gasteiger partial charge in [-0.05, 0) is 36.0 Å². The maximum Gasteiger partial charge on any atom is 0.184 e. The topological polar surface area (TPSA) is 30.7 Å². The van der Waals surface area contributed by atoms with Crippen molar-refractivity contribution in [3.63, 3.8) is 0 Å². The first-order valence-electron chi connectivity index (χ1n) is 6.00. The molecule has 0 fully saturated rings. The lowest BCUT2D eigenvalue weighted by Crippen LogP contribution is -1.95. The minimum absolute atomic E-state index is 0.768. The van der Waals surface area contributed by atoms with E-state index >= 15 is 0 Å². The molecule has 0 aliphatic rings. The van der Waals surface area contributed by atoms with Gasteiger partial charge in [-0.25, -0.2) is 4.68 Å². The first-order chi connectivity index (χ1) is 9.83. The molecular formula is C14H11N3S3. The minimum Gasteiger partial charge on any atom is -0.264 e. The summed E-state index contributed by atoms with van der Waals surface area (Å²) in [5.41, 5.74) is 2.19. The highest BCUT2D eigenvalue weighted by molar-refractivity contribution is 8.00. The third kappa shape index (κ3) is 3.15. The highest BCUT2D eigenvalue weighted by atomic mass is 32.2. The zero-order valence-electron chi connectivity index (χ0n) is 10.5. The fraction of sp³-hybridized carbons (Fsp3) is 0.0714. The highest BCUT2D eigenvalue weighted by Crippen LogP contribution is 2.26. The molecule has 0 saturated carbocycles. The Balaban J connectivity index is 1.78. The number of nitrogens with zero attached hydrogens (tertiary/aromatic N) is 3. The Morgan fingerprint density at radius 2 is 2.00 bits per heavy atom. The van der Waals surface area contributed by atoms with Crippen LogP contribution in [0.2, 0.25) is 0 Å². The van der Waals surface area contributed by atoms with Crippen molar-refractivity contribution in [2.45, 2.75) is 10.1 Å². The lowest BCUT2D eigenvalue weighted by molar-refractivity contribution is 0.829. The van der Waals surface area contributed by atoms with Crippen LogP contribution < -0.4 is 0 Å². The third-order valence-corrected chi connectivity index (χ3v) is 5.05. The van der Waals surface area contributed by atoms with Gasteiger partial charge in [-0.2, -0.15) is 0 Å². The molecule has 2 heterocycles. The van der Waals surface area contributed by atoms with E-state index in [1.54, 1.807) is 18.0 Å². The summed E-state index contributed by atoms with van der Waals surface area (Å²) in [7, 11) is 0. The second-order valence-electron chi connectivity index (χ2n) is 4.03. The lowest BCUT2D eigenvalue weighted by Gasteiger charge is -1.99. The van der Waals surface area contributed by atoms with E-state index in [4.69, 9.17) is 12.2 Å². The van der Waals surface area contributed by atoms with E-state index in [1.807, 2.05) is 47.3 Å². The summed E-state index contributed by atoms with van der Waals surface area (Å²) in [6.45, 7) is 0. The molecule has 100 valence electrons. The number of hydrogen-bond acceptors (Lipinski definition) is 5. The SMILES string of the molecule is S=c1sc(SCc2cccnc2)nn1-c1ccccc1. The zero-order chi connectivity index (χ0) is 13.8. The fourth-order valence-corrected chi connectivity index (χ4v) is 3.98. The van der Waals surface area contributed by atoms with Gasteiger partial charge in [0.2, 0.25) is 0 Å². The van der Waals surface area contributed by atoms with Gasteiger partial charge >= 0.3 is 0 Å². The molecule has 2 aromatic heterocycles. The van der Waals surface area contributed by atoms with Crippen LogP contribution in [0.1, 0.15) is 5.56 Å². The Bertz CT molecular complexity index is 735. The van der Waals surface area contributed by atoms with Gasteiger partial charge in [-0.3, -0.25) is 4.98 Å². The van der Waals surface area contributed by atoms with E-state index < -0.39 is 0 Å². The van der Waals surface area contributed by atoms with Crippen LogP contribution >= 0.6 is 35.3 Å². The van der Waals surface area contributed by atoms with Crippen LogP contribution in [-0.2, 0) is 5.75 Å². The van der Waals surface area contributed by atoms with Gasteiger partial charge in [0.1, 0.15) is 0 Å². The summed E-state index contributed by atoms with van der Waals surface area (Å²) < 4.78 is 3.55. The van der Waals surface area contributed by atoms with Crippen LogP contribution in [-0.4, -0.2) is 14.8 Å². The molecule has 6 heteroatoms. The molecule has 0 atom stereocenters. The quantitative estimate of drug-likeness (QED) is 0.529. The Hall–Kier alpha value is -1.50. The van der Waals surface area contributed by atoms with Gasteiger partial charge in [0.15, 0.2) is 8.29 Å². The molecule has 0 radical (unpaired) electrons. The van der Waals surface area contributed by atoms with Crippen LogP contribution in [0.5, 0.6) is 0 Å². The van der Waals surface area contributed by atoms with E-state index in [0.717, 1.165) is 19.7 Å². The van der Waals surface area contributed by atoms with E-state index in [0.29, 0.717) is 0 Å². The lowest BCUT2D eigenvalue weighted by atomic mass is 10.3. The highest BCUT2D eigenvalue weighted by Gasteiger charge is 2.06. The number of para-hydroxylation sites is 1. The maximum atomic E-state index is 5.38. The van der Waals surface area contributed by atoms with Crippen LogP contribution in [0.3, 0.4) is 0 Å². The van der Waals surface area contributed by atoms with Crippen molar-refractivity contribution in [3.8, 4) is 5.69 Å². The van der Waals surface area contributed by atoms with Gasteiger partial charge in [-0.15, -0.1) is 5.10 Å². The molecule has 0 N–H and O–H groups in total. The third-order valence-electron chi connectivity index (χ3n) is 2.62. The predicted octanol–water partition coefficient (Wildman–Crippen LogP) is 4.35. The molecular weight excluding hydrogens is 306 g/mol. The Morgan fingerprint density at radius 3 is 2.75 bits per heavy atom. The number of benzene rings is 1. The monoisotopic (exact) mass is 317 g/mol. The van der Waals surface area contributed by atoms with Crippen LogP contribution in [0.15, 0.2) is 59.2 Å². The van der Waals surface area contributed by atoms with E-state index in [9.17, 15) is 0 Å². The molecule has 0 bridgehead atoms. The smallest absolute Gasteiger partial charge is 0.184 e. The van der Waals surface area contributed by atoms with Gasteiger partial charge in [0.25, 0.3) is 0 Å². The number of rotatable bonds is 4. The molecule has 0 saturated heterocycles. The second-order valence-corrected chi connectivity index (χ2v) is 6.88. The van der Waals surface area contributed by atoms with E-state index in [2.05, 4.69) is 16.1 Å². The van der Waals surface area contributed by atoms with Crippen LogP contribution in [0, 0.1) is 3.95 Å². The molecule has 3 rings (SSSR count). The average molecular weight is 317 g/mol. The standard InChI is InChI=1S/C14H11N3S3/c18-14-17(12-6-2-1-3-7-12)16-13(20-14)19-10-11-5-4-8-15-9-11/h1-9H,10H2. The Kier molecular flexibility index (Phi) is 4.25. The van der Waals surface area contributed by atoms with Crippen LogP contribution in [0.25, 0.3) is 5.69 Å². The van der Waals surface area contributed by atoms with Gasteiger partial charge in [-0.1, -0.05) is 47.4 Å². The normalized spacial score (nSPS) is 10.6. The summed E-state index contributed by atoms with van der Waals surface area (Å²) in [4.78, 5) is 4.11. The van der Waals surface area contributed by atoms with E-state index in [1.165, 1.54) is 16.9 Å².